The molecule has 2 heterocycles. The Balaban J connectivity index is 2.16. The van der Waals surface area contributed by atoms with E-state index in [0.717, 1.165) is 60.2 Å². The first-order chi connectivity index (χ1) is 23.5. The smallest absolute Gasteiger partial charge is 0.303 e. The lowest BCUT2D eigenvalue weighted by Crippen LogP contribution is -2.66. The lowest BCUT2D eigenvalue weighted by Gasteiger charge is -2.48. The van der Waals surface area contributed by atoms with Gasteiger partial charge in [0, 0.05) is 53.4 Å². The number of benzene rings is 1. The van der Waals surface area contributed by atoms with Crippen LogP contribution in [0.2, 0.25) is 0 Å². The molecule has 0 spiro atoms. The van der Waals surface area contributed by atoms with Crippen LogP contribution in [0.3, 0.4) is 0 Å². The molecule has 2 aliphatic heterocycles. The van der Waals surface area contributed by atoms with Crippen LogP contribution >= 0.6 is 11.8 Å². The van der Waals surface area contributed by atoms with Crippen molar-refractivity contribution >= 4 is 53.5 Å². The van der Waals surface area contributed by atoms with Crippen molar-refractivity contribution in [2.75, 3.05) is 13.2 Å². The first-order valence-corrected chi connectivity index (χ1v) is 16.2. The van der Waals surface area contributed by atoms with Gasteiger partial charge in [-0.2, -0.15) is 0 Å². The SMILES string of the molecule is CC(=O)OC[C@@H]1O[C@H](Sc2ccccc2)[C@H](OC(C)=O)[C@@H](OC(C)=O)[C@@H]1O[C@@H]1O[C@H](COC(C)=O)[C@@H](OC(C)=O)[C@H](OC(C)=O)[C@H]1OC(C)=O. The summed E-state index contributed by atoms with van der Waals surface area (Å²) >= 11 is 1.12. The van der Waals surface area contributed by atoms with Crippen LogP contribution in [0, 0.1) is 0 Å². The maximum atomic E-state index is 12.5. The largest absolute Gasteiger partial charge is 0.463 e. The summed E-state index contributed by atoms with van der Waals surface area (Å²) in [4.78, 5) is 86.2. The van der Waals surface area contributed by atoms with Gasteiger partial charge in [0.15, 0.2) is 36.8 Å². The van der Waals surface area contributed by atoms with Gasteiger partial charge in [-0.05, 0) is 12.1 Å². The molecule has 2 fully saturated rings. The molecule has 17 nitrogen and oxygen atoms in total. The van der Waals surface area contributed by atoms with Gasteiger partial charge >= 0.3 is 41.8 Å². The highest BCUT2D eigenvalue weighted by atomic mass is 32.2. The molecule has 0 bridgehead atoms. The van der Waals surface area contributed by atoms with Gasteiger partial charge in [-0.3, -0.25) is 33.6 Å². The highest BCUT2D eigenvalue weighted by Gasteiger charge is 2.57. The number of ether oxygens (including phenoxy) is 10. The van der Waals surface area contributed by atoms with Crippen molar-refractivity contribution in [3.8, 4) is 0 Å². The first kappa shape index (κ1) is 40.2. The van der Waals surface area contributed by atoms with E-state index in [9.17, 15) is 33.6 Å². The van der Waals surface area contributed by atoms with E-state index >= 15 is 0 Å². The molecule has 3 rings (SSSR count). The topological polar surface area (TPSA) is 212 Å². The van der Waals surface area contributed by atoms with Gasteiger partial charge in [0.2, 0.25) is 0 Å². The minimum absolute atomic E-state index is 0.471. The minimum atomic E-state index is -1.75. The van der Waals surface area contributed by atoms with Crippen LogP contribution in [0.15, 0.2) is 35.2 Å². The molecule has 2 saturated heterocycles. The van der Waals surface area contributed by atoms with Crippen molar-refractivity contribution in [2.24, 2.45) is 0 Å². The van der Waals surface area contributed by atoms with E-state index < -0.39 is 116 Å². The summed E-state index contributed by atoms with van der Waals surface area (Å²) in [5.74, 6) is -5.63. The van der Waals surface area contributed by atoms with Gasteiger partial charge in [0.1, 0.15) is 37.0 Å². The van der Waals surface area contributed by atoms with Crippen LogP contribution in [0.4, 0.5) is 0 Å². The Morgan fingerprint density at radius 3 is 1.42 bits per heavy atom. The summed E-state index contributed by atoms with van der Waals surface area (Å²) in [6.45, 7) is 6.66. The fourth-order valence-electron chi connectivity index (χ4n) is 5.20. The number of hydrogen-bond donors (Lipinski definition) is 0. The van der Waals surface area contributed by atoms with Gasteiger partial charge in [0.25, 0.3) is 0 Å². The molecule has 10 atom stereocenters. The fourth-order valence-corrected chi connectivity index (χ4v) is 6.33. The van der Waals surface area contributed by atoms with Crippen LogP contribution in [0.1, 0.15) is 48.5 Å². The average molecular weight is 729 g/mol. The summed E-state index contributed by atoms with van der Waals surface area (Å²) in [7, 11) is 0. The quantitative estimate of drug-likeness (QED) is 0.207. The van der Waals surface area contributed by atoms with Crippen LogP contribution in [0.25, 0.3) is 0 Å². The first-order valence-electron chi connectivity index (χ1n) is 15.4. The van der Waals surface area contributed by atoms with Gasteiger partial charge < -0.3 is 47.4 Å². The van der Waals surface area contributed by atoms with E-state index in [1.54, 1.807) is 30.3 Å². The van der Waals surface area contributed by atoms with E-state index in [0.29, 0.717) is 4.90 Å². The number of rotatable bonds is 13. The van der Waals surface area contributed by atoms with E-state index in [1.165, 1.54) is 0 Å². The van der Waals surface area contributed by atoms with Crippen LogP contribution in [0.5, 0.6) is 0 Å². The zero-order valence-electron chi connectivity index (χ0n) is 28.4. The molecule has 0 aromatic heterocycles. The summed E-state index contributed by atoms with van der Waals surface area (Å²) in [6, 6.07) is 8.85. The summed E-state index contributed by atoms with van der Waals surface area (Å²) in [5, 5.41) is 0. The van der Waals surface area contributed by atoms with Gasteiger partial charge in [0.05, 0.1) is 0 Å². The molecule has 0 N–H and O–H groups in total. The molecular weight excluding hydrogens is 688 g/mol. The van der Waals surface area contributed by atoms with Crippen molar-refractivity contribution in [2.45, 2.75) is 114 Å². The minimum Gasteiger partial charge on any atom is -0.463 e. The monoisotopic (exact) mass is 728 g/mol. The molecule has 1 aromatic rings. The molecule has 2 aliphatic rings. The molecule has 0 radical (unpaired) electrons. The Kier molecular flexibility index (Phi) is 15.0. The van der Waals surface area contributed by atoms with Crippen LogP contribution in [-0.4, -0.2) is 116 Å². The maximum Gasteiger partial charge on any atom is 0.303 e. The van der Waals surface area contributed by atoms with Crippen molar-refractivity contribution in [1.82, 2.24) is 0 Å². The number of thioether (sulfide) groups is 1. The molecule has 1 aromatic carbocycles. The second-order valence-corrected chi connectivity index (χ2v) is 12.3. The van der Waals surface area contributed by atoms with E-state index in [1.807, 2.05) is 0 Å². The average Bonchev–Trinajstić information content (AvgIpc) is 3.00. The third-order valence-corrected chi connectivity index (χ3v) is 8.04. The van der Waals surface area contributed by atoms with E-state index in [4.69, 9.17) is 47.4 Å². The Labute approximate surface area is 291 Å². The number of esters is 7. The molecular formula is C32H40O17S. The van der Waals surface area contributed by atoms with Crippen LogP contribution < -0.4 is 0 Å². The van der Waals surface area contributed by atoms with Gasteiger partial charge in [-0.25, -0.2) is 0 Å². The van der Waals surface area contributed by atoms with Crippen molar-refractivity contribution < 1.29 is 80.9 Å². The fraction of sp³-hybridized carbons (Fsp3) is 0.594. The lowest BCUT2D eigenvalue weighted by molar-refractivity contribution is -0.341. The molecule has 0 aliphatic carbocycles. The summed E-state index contributed by atoms with van der Waals surface area (Å²) in [6.07, 6.45) is -13.4. The zero-order chi connectivity index (χ0) is 37.1. The van der Waals surface area contributed by atoms with E-state index in [-0.39, 0.29) is 0 Å². The second-order valence-electron chi connectivity index (χ2n) is 11.1. The third-order valence-electron chi connectivity index (χ3n) is 6.88. The molecule has 276 valence electrons. The predicted molar refractivity (Wildman–Crippen MR) is 166 cm³/mol. The Morgan fingerprint density at radius 1 is 0.520 bits per heavy atom. The summed E-state index contributed by atoms with van der Waals surface area (Å²) < 4.78 is 56.8. The van der Waals surface area contributed by atoms with Gasteiger partial charge in [-0.1, -0.05) is 30.0 Å². The lowest BCUT2D eigenvalue weighted by atomic mass is 9.96. The zero-order valence-corrected chi connectivity index (χ0v) is 29.2. The van der Waals surface area contributed by atoms with Crippen molar-refractivity contribution in [1.29, 1.82) is 0 Å². The number of carbonyl (C=O) groups is 7. The van der Waals surface area contributed by atoms with Crippen LogP contribution in [-0.2, 0) is 80.9 Å². The number of carbonyl (C=O) groups excluding carboxylic acids is 7. The Morgan fingerprint density at radius 2 is 0.940 bits per heavy atom. The number of hydrogen-bond acceptors (Lipinski definition) is 18. The molecule has 18 heteroatoms. The van der Waals surface area contributed by atoms with Crippen molar-refractivity contribution in [3.63, 3.8) is 0 Å². The normalized spacial score (nSPS) is 29.0. The molecule has 0 saturated carbocycles. The highest BCUT2D eigenvalue weighted by molar-refractivity contribution is 7.99. The molecule has 50 heavy (non-hydrogen) atoms. The molecule has 0 amide bonds. The Hall–Kier alpha value is -4.26. The Bertz CT molecular complexity index is 1390. The standard InChI is InChI=1S/C32H40O17S/c1-15(33)40-13-23-25(42-17(3)35)27(43-18(4)36)29(45-20(6)38)31(47-23)49-26-24(14-41-16(2)34)48-32(50-22-11-9-8-10-12-22)30(46-21(7)39)28(26)44-19(5)37/h8-12,23-32H,13-14H2,1-7H3/t23-,24+,25-,26-,27+,28+,29-,30-,31+,32-/m1/s1. The molecule has 0 unspecified atom stereocenters. The highest BCUT2D eigenvalue weighted by Crippen LogP contribution is 2.39. The van der Waals surface area contributed by atoms with E-state index in [2.05, 4.69) is 0 Å². The summed E-state index contributed by atoms with van der Waals surface area (Å²) in [5.41, 5.74) is -1.05. The van der Waals surface area contributed by atoms with Crippen molar-refractivity contribution in [3.05, 3.63) is 30.3 Å². The maximum absolute atomic E-state index is 12.5. The third kappa shape index (κ3) is 12.0. The van der Waals surface area contributed by atoms with Gasteiger partial charge in [-0.15, -0.1) is 0 Å². The predicted octanol–water partition coefficient (Wildman–Crippen LogP) is 1.40. The second kappa shape index (κ2) is 18.7.